The van der Waals surface area contributed by atoms with Crippen molar-refractivity contribution >= 4 is 39.8 Å². The van der Waals surface area contributed by atoms with Gasteiger partial charge in [-0.2, -0.15) is 0 Å². The molecule has 0 fully saturated rings. The first-order valence-corrected chi connectivity index (χ1v) is 10.3. The maximum Gasteiger partial charge on any atom is 0.237 e. The van der Waals surface area contributed by atoms with Crippen LogP contribution in [-0.2, 0) is 11.3 Å². The van der Waals surface area contributed by atoms with Crippen molar-refractivity contribution in [2.75, 3.05) is 23.8 Å². The van der Waals surface area contributed by atoms with Crippen molar-refractivity contribution in [1.82, 2.24) is 10.2 Å². The number of anilines is 2. The lowest BCUT2D eigenvalue weighted by Crippen LogP contribution is -2.22. The molecule has 8 nitrogen and oxygen atoms in total. The highest BCUT2D eigenvalue weighted by Crippen LogP contribution is 2.33. The Morgan fingerprint density at radius 2 is 2.11 bits per heavy atom. The summed E-state index contributed by atoms with van der Waals surface area (Å²) in [6.45, 7) is 3.40. The van der Waals surface area contributed by atoms with Gasteiger partial charge in [-0.1, -0.05) is 23.1 Å². The molecule has 0 aliphatic carbocycles. The summed E-state index contributed by atoms with van der Waals surface area (Å²) in [6, 6.07) is 9.08. The van der Waals surface area contributed by atoms with Gasteiger partial charge in [0, 0.05) is 11.8 Å². The van der Waals surface area contributed by atoms with Gasteiger partial charge in [0.2, 0.25) is 11.0 Å². The van der Waals surface area contributed by atoms with E-state index in [4.69, 9.17) is 13.9 Å². The molecular weight excluding hydrogens is 400 g/mol. The number of benzene rings is 1. The molecule has 1 atom stereocenters. The normalized spacial score (nSPS) is 13.8. The van der Waals surface area contributed by atoms with Gasteiger partial charge in [0.25, 0.3) is 0 Å². The molecule has 4 rings (SSSR count). The number of amides is 1. The zero-order valence-electron chi connectivity index (χ0n) is 15.0. The number of rotatable bonds is 7. The largest absolute Gasteiger partial charge is 0.486 e. The third-order valence-corrected chi connectivity index (χ3v) is 5.92. The molecule has 1 aliphatic heterocycles. The number of aromatic nitrogens is 2. The maximum absolute atomic E-state index is 12.5. The quantitative estimate of drug-likeness (QED) is 0.561. The Hall–Kier alpha value is -2.72. The van der Waals surface area contributed by atoms with Crippen LogP contribution in [-0.4, -0.2) is 34.6 Å². The van der Waals surface area contributed by atoms with Crippen molar-refractivity contribution < 1.29 is 18.7 Å². The molecule has 1 amide bonds. The third kappa shape index (κ3) is 4.57. The van der Waals surface area contributed by atoms with Gasteiger partial charge >= 0.3 is 0 Å². The van der Waals surface area contributed by atoms with Crippen LogP contribution in [0, 0.1) is 0 Å². The molecule has 2 aromatic heterocycles. The Morgan fingerprint density at radius 1 is 1.25 bits per heavy atom. The summed E-state index contributed by atoms with van der Waals surface area (Å²) in [7, 11) is 0. The molecule has 1 aromatic carbocycles. The lowest BCUT2D eigenvalue weighted by molar-refractivity contribution is -0.115. The highest BCUT2D eigenvalue weighted by molar-refractivity contribution is 8.02. The van der Waals surface area contributed by atoms with Crippen LogP contribution < -0.4 is 20.1 Å². The second kappa shape index (κ2) is 8.53. The Morgan fingerprint density at radius 3 is 2.93 bits per heavy atom. The zero-order chi connectivity index (χ0) is 19.3. The number of hydrogen-bond acceptors (Lipinski definition) is 9. The lowest BCUT2D eigenvalue weighted by Gasteiger charge is -2.19. The Kier molecular flexibility index (Phi) is 5.68. The second-order valence-electron chi connectivity index (χ2n) is 5.91. The van der Waals surface area contributed by atoms with E-state index in [2.05, 4.69) is 20.8 Å². The maximum atomic E-state index is 12.5. The van der Waals surface area contributed by atoms with Crippen LogP contribution >= 0.6 is 23.1 Å². The first-order chi connectivity index (χ1) is 13.7. The number of hydrogen-bond donors (Lipinski definition) is 2. The molecule has 3 aromatic rings. The van der Waals surface area contributed by atoms with Crippen molar-refractivity contribution in [3.8, 4) is 11.5 Å². The fourth-order valence-corrected chi connectivity index (χ4v) is 4.37. The average molecular weight is 419 g/mol. The van der Waals surface area contributed by atoms with Gasteiger partial charge in [-0.05, 0) is 31.2 Å². The molecule has 0 spiro atoms. The molecule has 2 N–H and O–H groups in total. The Bertz CT molecular complexity index is 945. The molecule has 28 heavy (non-hydrogen) atoms. The Balaban J connectivity index is 1.30. The minimum atomic E-state index is -0.334. The van der Waals surface area contributed by atoms with Crippen LogP contribution in [0.15, 0.2) is 45.4 Å². The summed E-state index contributed by atoms with van der Waals surface area (Å²) in [5.74, 6) is 2.02. The predicted molar refractivity (Wildman–Crippen MR) is 107 cm³/mol. The highest BCUT2D eigenvalue weighted by atomic mass is 32.2. The van der Waals surface area contributed by atoms with E-state index >= 15 is 0 Å². The predicted octanol–water partition coefficient (Wildman–Crippen LogP) is 3.63. The van der Waals surface area contributed by atoms with Crippen LogP contribution in [0.1, 0.15) is 12.7 Å². The van der Waals surface area contributed by atoms with Crippen LogP contribution in [0.3, 0.4) is 0 Å². The van der Waals surface area contributed by atoms with Gasteiger partial charge in [-0.15, -0.1) is 10.2 Å². The molecule has 0 bridgehead atoms. The van der Waals surface area contributed by atoms with E-state index in [9.17, 15) is 4.79 Å². The van der Waals surface area contributed by atoms with Gasteiger partial charge < -0.3 is 24.5 Å². The molecule has 0 radical (unpaired) electrons. The number of ether oxygens (including phenoxy) is 2. The standard InChI is InChI=1S/C18H18N4O4S2/c1-11(16(23)20-12-4-5-14-15(9-12)26-8-7-25-14)27-18-22-21-17(28-18)19-10-13-3-2-6-24-13/h2-6,9,11H,7-8,10H2,1H3,(H,19,21)(H,20,23)/t11-/m0/s1. The van der Waals surface area contributed by atoms with Crippen molar-refractivity contribution in [2.24, 2.45) is 0 Å². The van der Waals surface area contributed by atoms with Crippen LogP contribution in [0.4, 0.5) is 10.8 Å². The van der Waals surface area contributed by atoms with E-state index in [0.717, 1.165) is 5.76 Å². The van der Waals surface area contributed by atoms with Gasteiger partial charge in [-0.25, -0.2) is 0 Å². The van der Waals surface area contributed by atoms with E-state index in [0.29, 0.717) is 46.4 Å². The Labute approximate surface area is 169 Å². The number of carbonyl (C=O) groups is 1. The zero-order valence-corrected chi connectivity index (χ0v) is 16.6. The summed E-state index contributed by atoms with van der Waals surface area (Å²) < 4.78 is 17.0. The number of nitrogens with zero attached hydrogens (tertiary/aromatic N) is 2. The lowest BCUT2D eigenvalue weighted by atomic mass is 10.2. The smallest absolute Gasteiger partial charge is 0.237 e. The van der Waals surface area contributed by atoms with E-state index in [1.54, 1.807) is 24.5 Å². The van der Waals surface area contributed by atoms with Gasteiger partial charge in [0.1, 0.15) is 19.0 Å². The first-order valence-electron chi connectivity index (χ1n) is 8.64. The molecule has 1 aliphatic rings. The van der Waals surface area contributed by atoms with Crippen LogP contribution in [0.25, 0.3) is 0 Å². The topological polar surface area (TPSA) is 98.5 Å². The number of thioether (sulfide) groups is 1. The molecular formula is C18H18N4O4S2. The van der Waals surface area contributed by atoms with Crippen molar-refractivity contribution in [2.45, 2.75) is 23.1 Å². The SMILES string of the molecule is C[C@H](Sc1nnc(NCc2ccco2)s1)C(=O)Nc1ccc2c(c1)OCCO2. The van der Waals surface area contributed by atoms with Crippen molar-refractivity contribution in [3.05, 3.63) is 42.4 Å². The fourth-order valence-electron chi connectivity index (χ4n) is 2.47. The average Bonchev–Trinajstić information content (AvgIpc) is 3.38. The number of fused-ring (bicyclic) bond motifs is 1. The molecule has 0 saturated carbocycles. The molecule has 0 unspecified atom stereocenters. The van der Waals surface area contributed by atoms with Gasteiger partial charge in [0.05, 0.1) is 18.1 Å². The van der Waals surface area contributed by atoms with Crippen molar-refractivity contribution in [1.29, 1.82) is 0 Å². The summed E-state index contributed by atoms with van der Waals surface area (Å²) in [5, 5.41) is 14.6. The van der Waals surface area contributed by atoms with E-state index in [1.165, 1.54) is 23.1 Å². The van der Waals surface area contributed by atoms with Crippen LogP contribution in [0.2, 0.25) is 0 Å². The van der Waals surface area contributed by atoms with Gasteiger partial charge in [-0.3, -0.25) is 4.79 Å². The van der Waals surface area contributed by atoms with E-state index in [1.807, 2.05) is 19.1 Å². The monoisotopic (exact) mass is 418 g/mol. The van der Waals surface area contributed by atoms with Crippen LogP contribution in [0.5, 0.6) is 11.5 Å². The summed E-state index contributed by atoms with van der Waals surface area (Å²) in [6.07, 6.45) is 1.63. The first kappa shape index (κ1) is 18.6. The second-order valence-corrected chi connectivity index (χ2v) is 8.48. The molecule has 3 heterocycles. The summed E-state index contributed by atoms with van der Waals surface area (Å²) >= 11 is 2.75. The number of carbonyl (C=O) groups excluding carboxylic acids is 1. The van der Waals surface area contributed by atoms with E-state index in [-0.39, 0.29) is 11.2 Å². The minimum absolute atomic E-state index is 0.123. The third-order valence-electron chi connectivity index (χ3n) is 3.86. The minimum Gasteiger partial charge on any atom is -0.486 e. The highest BCUT2D eigenvalue weighted by Gasteiger charge is 2.19. The summed E-state index contributed by atoms with van der Waals surface area (Å²) in [5.41, 5.74) is 0.666. The number of furan rings is 1. The number of nitrogens with one attached hydrogen (secondary N) is 2. The van der Waals surface area contributed by atoms with E-state index < -0.39 is 0 Å². The molecule has 10 heteroatoms. The molecule has 0 saturated heterocycles. The van der Waals surface area contributed by atoms with Gasteiger partial charge in [0.15, 0.2) is 15.8 Å². The fraction of sp³-hybridized carbons (Fsp3) is 0.278. The van der Waals surface area contributed by atoms with Crippen molar-refractivity contribution in [3.63, 3.8) is 0 Å². The summed E-state index contributed by atoms with van der Waals surface area (Å²) in [4.78, 5) is 12.5. The molecule has 146 valence electrons.